The Bertz CT molecular complexity index is 717. The molecule has 0 spiro atoms. The van der Waals surface area contributed by atoms with Crippen LogP contribution in [0.25, 0.3) is 11.3 Å². The molecule has 2 rings (SSSR count). The van der Waals surface area contributed by atoms with Gasteiger partial charge in [0.15, 0.2) is 6.29 Å². The number of hydrogen-bond donors (Lipinski definition) is 0. The van der Waals surface area contributed by atoms with Crippen molar-refractivity contribution in [2.24, 2.45) is 0 Å². The van der Waals surface area contributed by atoms with Crippen LogP contribution in [0.3, 0.4) is 0 Å². The maximum atomic E-state index is 11.4. The lowest BCUT2D eigenvalue weighted by Gasteiger charge is -2.20. The number of aromatic nitrogens is 2. The van der Waals surface area contributed by atoms with Gasteiger partial charge in [-0.05, 0) is 36.7 Å². The Morgan fingerprint density at radius 3 is 2.57 bits per heavy atom. The summed E-state index contributed by atoms with van der Waals surface area (Å²) in [6.07, 6.45) is 0.702. The Balaban J connectivity index is 2.67. The van der Waals surface area contributed by atoms with Crippen LogP contribution in [0.4, 0.5) is 5.69 Å². The molecule has 6 nitrogen and oxygen atoms in total. The first-order valence-electron chi connectivity index (χ1n) is 6.24. The summed E-state index contributed by atoms with van der Waals surface area (Å²) in [5, 5.41) is 15.3. The van der Waals surface area contributed by atoms with Crippen LogP contribution < -0.4 is 0 Å². The minimum Gasteiger partial charge on any atom is -0.298 e. The number of benzene rings is 1. The Labute approximate surface area is 130 Å². The van der Waals surface area contributed by atoms with E-state index in [1.165, 1.54) is 12.1 Å². The molecule has 2 aromatic rings. The van der Waals surface area contributed by atoms with E-state index in [4.69, 9.17) is 0 Å². The molecule has 0 atom stereocenters. The molecule has 1 heterocycles. The molecule has 0 aliphatic heterocycles. The lowest BCUT2D eigenvalue weighted by atomic mass is 10.1. The molecule has 0 bridgehead atoms. The molecule has 1 aromatic carbocycles. The molecule has 110 valence electrons. The zero-order valence-electron chi connectivity index (χ0n) is 11.8. The molecule has 0 aliphatic rings. The summed E-state index contributed by atoms with van der Waals surface area (Å²) in [5.41, 5.74) is 0.983. The monoisotopic (exact) mass is 351 g/mol. The van der Waals surface area contributed by atoms with E-state index in [2.05, 4.69) is 21.0 Å². The third-order valence-corrected chi connectivity index (χ3v) is 3.71. The van der Waals surface area contributed by atoms with Gasteiger partial charge < -0.3 is 0 Å². The fourth-order valence-electron chi connectivity index (χ4n) is 1.94. The zero-order valence-corrected chi connectivity index (χ0v) is 13.4. The fourth-order valence-corrected chi connectivity index (χ4v) is 2.83. The molecule has 0 unspecified atom stereocenters. The summed E-state index contributed by atoms with van der Waals surface area (Å²) >= 11 is 3.38. The number of hydrogen-bond acceptors (Lipinski definition) is 4. The topological polar surface area (TPSA) is 78.0 Å². The molecule has 0 amide bonds. The largest absolute Gasteiger partial charge is 0.298 e. The molecule has 0 aliphatic carbocycles. The van der Waals surface area contributed by atoms with Crippen LogP contribution in [-0.2, 0) is 5.54 Å². The number of nitro benzene ring substituents is 1. The number of halogens is 1. The van der Waals surface area contributed by atoms with Crippen molar-refractivity contribution < 1.29 is 9.72 Å². The van der Waals surface area contributed by atoms with Gasteiger partial charge in [0.05, 0.1) is 16.0 Å². The van der Waals surface area contributed by atoms with Gasteiger partial charge in [-0.25, -0.2) is 0 Å². The van der Waals surface area contributed by atoms with Crippen molar-refractivity contribution in [1.82, 2.24) is 9.78 Å². The third-order valence-electron chi connectivity index (χ3n) is 2.95. The Kier molecular flexibility index (Phi) is 3.95. The lowest BCUT2D eigenvalue weighted by Crippen LogP contribution is -2.23. The van der Waals surface area contributed by atoms with Gasteiger partial charge in [0.25, 0.3) is 5.69 Å². The quantitative estimate of drug-likeness (QED) is 0.478. The highest BCUT2D eigenvalue weighted by molar-refractivity contribution is 9.10. The summed E-state index contributed by atoms with van der Waals surface area (Å²) in [6.45, 7) is 5.86. The van der Waals surface area contributed by atoms with Crippen LogP contribution in [0.5, 0.6) is 0 Å². The van der Waals surface area contributed by atoms with Crippen molar-refractivity contribution in [2.45, 2.75) is 26.3 Å². The minimum absolute atomic E-state index is 0.0363. The number of carbonyl (C=O) groups is 1. The standard InChI is InChI=1S/C14H14BrN3O3/c1-14(2,3)17-13(15)11(8-19)12(16-17)9-5-4-6-10(7-9)18(20)21/h4-8H,1-3H3. The van der Waals surface area contributed by atoms with E-state index in [1.807, 2.05) is 20.8 Å². The molecular weight excluding hydrogens is 338 g/mol. The summed E-state index contributed by atoms with van der Waals surface area (Å²) < 4.78 is 2.25. The summed E-state index contributed by atoms with van der Waals surface area (Å²) in [4.78, 5) is 21.8. The fraction of sp³-hybridized carbons (Fsp3) is 0.286. The Morgan fingerprint density at radius 1 is 1.38 bits per heavy atom. The minimum atomic E-state index is -0.472. The predicted octanol–water partition coefficient (Wildman–Crippen LogP) is 3.79. The first kappa shape index (κ1) is 15.4. The van der Waals surface area contributed by atoms with Crippen molar-refractivity contribution in [1.29, 1.82) is 0 Å². The summed E-state index contributed by atoms with van der Waals surface area (Å²) in [5.74, 6) is 0. The van der Waals surface area contributed by atoms with Gasteiger partial charge in [0.2, 0.25) is 0 Å². The van der Waals surface area contributed by atoms with Crippen LogP contribution in [0.1, 0.15) is 31.1 Å². The van der Waals surface area contributed by atoms with Crippen LogP contribution >= 0.6 is 15.9 Å². The first-order valence-corrected chi connectivity index (χ1v) is 7.04. The molecule has 1 aromatic heterocycles. The second-order valence-electron chi connectivity index (χ2n) is 5.56. The predicted molar refractivity (Wildman–Crippen MR) is 82.4 cm³/mol. The highest BCUT2D eigenvalue weighted by Crippen LogP contribution is 2.32. The number of nitrogens with zero attached hydrogens (tertiary/aromatic N) is 3. The second-order valence-corrected chi connectivity index (χ2v) is 6.31. The summed E-state index contributed by atoms with van der Waals surface area (Å²) in [6, 6.07) is 6.09. The number of nitro groups is 1. The number of non-ortho nitro benzene ring substituents is 1. The van der Waals surface area contributed by atoms with Crippen molar-refractivity contribution in [3.05, 3.63) is 44.5 Å². The van der Waals surface area contributed by atoms with Crippen molar-refractivity contribution >= 4 is 27.9 Å². The smallest absolute Gasteiger partial charge is 0.270 e. The maximum Gasteiger partial charge on any atom is 0.270 e. The SMILES string of the molecule is CC(C)(C)n1nc(-c2cccc([N+](=O)[O-])c2)c(C=O)c1Br. The van der Waals surface area contributed by atoms with Crippen molar-refractivity contribution in [2.75, 3.05) is 0 Å². The zero-order chi connectivity index (χ0) is 15.8. The molecule has 0 fully saturated rings. The van der Waals surface area contributed by atoms with E-state index < -0.39 is 4.92 Å². The van der Waals surface area contributed by atoms with Gasteiger partial charge in [-0.15, -0.1) is 0 Å². The second kappa shape index (κ2) is 5.40. The summed E-state index contributed by atoms with van der Waals surface area (Å²) in [7, 11) is 0. The molecular formula is C14H14BrN3O3. The van der Waals surface area contributed by atoms with Gasteiger partial charge in [-0.1, -0.05) is 12.1 Å². The van der Waals surface area contributed by atoms with Crippen LogP contribution in [0, 0.1) is 10.1 Å². The Morgan fingerprint density at radius 2 is 2.05 bits per heavy atom. The average molecular weight is 352 g/mol. The van der Waals surface area contributed by atoms with E-state index in [-0.39, 0.29) is 11.2 Å². The molecule has 7 heteroatoms. The molecule has 0 saturated carbocycles. The van der Waals surface area contributed by atoms with E-state index in [0.29, 0.717) is 27.7 Å². The van der Waals surface area contributed by atoms with E-state index in [1.54, 1.807) is 16.8 Å². The number of carbonyl (C=O) groups excluding carboxylic acids is 1. The molecule has 0 saturated heterocycles. The van der Waals surface area contributed by atoms with Gasteiger partial charge >= 0.3 is 0 Å². The van der Waals surface area contributed by atoms with E-state index in [9.17, 15) is 14.9 Å². The van der Waals surface area contributed by atoms with Gasteiger partial charge in [-0.3, -0.25) is 19.6 Å². The van der Waals surface area contributed by atoms with Gasteiger partial charge in [0, 0.05) is 17.7 Å². The third kappa shape index (κ3) is 2.87. The molecule has 0 radical (unpaired) electrons. The highest BCUT2D eigenvalue weighted by Gasteiger charge is 2.24. The van der Waals surface area contributed by atoms with E-state index in [0.717, 1.165) is 0 Å². The van der Waals surface area contributed by atoms with Crippen LogP contribution in [-0.4, -0.2) is 21.0 Å². The first-order chi connectivity index (χ1) is 9.75. The van der Waals surface area contributed by atoms with Crippen LogP contribution in [0.2, 0.25) is 0 Å². The van der Waals surface area contributed by atoms with Crippen molar-refractivity contribution in [3.63, 3.8) is 0 Å². The molecule has 21 heavy (non-hydrogen) atoms. The van der Waals surface area contributed by atoms with Crippen molar-refractivity contribution in [3.8, 4) is 11.3 Å². The van der Waals surface area contributed by atoms with Gasteiger partial charge in [-0.2, -0.15) is 5.10 Å². The molecule has 0 N–H and O–H groups in total. The van der Waals surface area contributed by atoms with Gasteiger partial charge in [0.1, 0.15) is 10.3 Å². The number of aldehydes is 1. The normalized spacial score (nSPS) is 11.4. The Hall–Kier alpha value is -2.02. The van der Waals surface area contributed by atoms with E-state index >= 15 is 0 Å². The maximum absolute atomic E-state index is 11.4. The number of rotatable bonds is 3. The highest BCUT2D eigenvalue weighted by atomic mass is 79.9. The van der Waals surface area contributed by atoms with Crippen LogP contribution in [0.15, 0.2) is 28.9 Å². The lowest BCUT2D eigenvalue weighted by molar-refractivity contribution is -0.384. The average Bonchev–Trinajstić information content (AvgIpc) is 2.75.